The maximum absolute atomic E-state index is 5.38. The highest BCUT2D eigenvalue weighted by Gasteiger charge is 2.22. The molecule has 7 heteroatoms. The van der Waals surface area contributed by atoms with E-state index in [9.17, 15) is 0 Å². The monoisotopic (exact) mass is 410 g/mol. The molecule has 1 saturated heterocycles. The zero-order valence-electron chi connectivity index (χ0n) is 17.2. The van der Waals surface area contributed by atoms with Gasteiger partial charge in [0, 0.05) is 44.0 Å². The Hall–Kier alpha value is -2.51. The molecule has 0 unspecified atom stereocenters. The Labute approximate surface area is 178 Å². The van der Waals surface area contributed by atoms with Crippen LogP contribution in [0.1, 0.15) is 32.3 Å². The molecule has 3 N–H and O–H groups in total. The van der Waals surface area contributed by atoms with Gasteiger partial charge in [-0.25, -0.2) is 4.98 Å². The van der Waals surface area contributed by atoms with Crippen molar-refractivity contribution in [2.75, 3.05) is 31.1 Å². The predicted octanol–water partition coefficient (Wildman–Crippen LogP) is 3.23. The second-order valence-corrected chi connectivity index (χ2v) is 7.70. The minimum absolute atomic E-state index is 0.151. The summed E-state index contributed by atoms with van der Waals surface area (Å²) in [6.07, 6.45) is 6.10. The van der Waals surface area contributed by atoms with Crippen LogP contribution in [0.2, 0.25) is 0 Å². The molecule has 1 aromatic carbocycles. The lowest BCUT2D eigenvalue weighted by molar-refractivity contribution is 0.175. The van der Waals surface area contributed by atoms with Crippen molar-refractivity contribution in [2.45, 2.75) is 32.7 Å². The first-order valence-corrected chi connectivity index (χ1v) is 10.7. The van der Waals surface area contributed by atoms with Gasteiger partial charge in [-0.15, -0.1) is 0 Å². The van der Waals surface area contributed by atoms with Crippen LogP contribution < -0.4 is 16.1 Å². The van der Waals surface area contributed by atoms with Gasteiger partial charge in [0.1, 0.15) is 5.82 Å². The largest absolute Gasteiger partial charge is 0.375 e. The minimum Gasteiger partial charge on any atom is -0.375 e. The summed E-state index contributed by atoms with van der Waals surface area (Å²) in [5, 5.41) is 4.17. The van der Waals surface area contributed by atoms with E-state index in [-0.39, 0.29) is 5.11 Å². The average molecular weight is 411 g/mol. The van der Waals surface area contributed by atoms with Crippen molar-refractivity contribution in [3.63, 3.8) is 0 Å². The lowest BCUT2D eigenvalue weighted by Crippen LogP contribution is -2.50. The van der Waals surface area contributed by atoms with E-state index in [1.54, 1.807) is 6.21 Å². The SMILES string of the molecule is CCC(CC)N1CCN(c2ccc(-c3cccc(C=NNC(N)=S)c3)cn2)CC1. The van der Waals surface area contributed by atoms with Crippen LogP contribution >= 0.6 is 12.2 Å². The third kappa shape index (κ3) is 5.74. The fourth-order valence-electron chi connectivity index (χ4n) is 3.83. The number of nitrogens with one attached hydrogen (secondary N) is 1. The number of rotatable bonds is 7. The van der Waals surface area contributed by atoms with E-state index in [0.717, 1.165) is 48.7 Å². The maximum atomic E-state index is 5.38. The molecule has 29 heavy (non-hydrogen) atoms. The molecular weight excluding hydrogens is 380 g/mol. The molecule has 0 aliphatic carbocycles. The van der Waals surface area contributed by atoms with E-state index in [4.69, 9.17) is 22.9 Å². The molecule has 0 saturated carbocycles. The van der Waals surface area contributed by atoms with Gasteiger partial charge in [0.2, 0.25) is 0 Å². The molecule has 1 aliphatic heterocycles. The van der Waals surface area contributed by atoms with Gasteiger partial charge in [-0.2, -0.15) is 5.10 Å². The summed E-state index contributed by atoms with van der Waals surface area (Å²) in [5.41, 5.74) is 11.1. The van der Waals surface area contributed by atoms with E-state index in [0.29, 0.717) is 6.04 Å². The molecule has 0 atom stereocenters. The van der Waals surface area contributed by atoms with Crippen LogP contribution in [0, 0.1) is 0 Å². The molecule has 154 valence electrons. The molecule has 3 rings (SSSR count). The van der Waals surface area contributed by atoms with Crippen molar-refractivity contribution < 1.29 is 0 Å². The number of piperazine rings is 1. The Morgan fingerprint density at radius 1 is 1.17 bits per heavy atom. The first kappa shape index (κ1) is 21.2. The normalized spacial score (nSPS) is 15.2. The van der Waals surface area contributed by atoms with Gasteiger partial charge >= 0.3 is 0 Å². The van der Waals surface area contributed by atoms with Gasteiger partial charge in [-0.3, -0.25) is 10.3 Å². The van der Waals surface area contributed by atoms with Crippen molar-refractivity contribution in [3.05, 3.63) is 48.2 Å². The zero-order valence-corrected chi connectivity index (χ0v) is 18.0. The number of thiocarbonyl (C=S) groups is 1. The highest BCUT2D eigenvalue weighted by Crippen LogP contribution is 2.23. The number of benzene rings is 1. The Balaban J connectivity index is 1.64. The number of nitrogens with two attached hydrogens (primary N) is 1. The quantitative estimate of drug-likeness (QED) is 0.415. The summed E-state index contributed by atoms with van der Waals surface area (Å²) in [6.45, 7) is 8.85. The van der Waals surface area contributed by atoms with Crippen molar-refractivity contribution in [1.29, 1.82) is 0 Å². The second kappa shape index (κ2) is 10.3. The second-order valence-electron chi connectivity index (χ2n) is 7.26. The Kier molecular flexibility index (Phi) is 7.55. The first-order valence-electron chi connectivity index (χ1n) is 10.2. The Bertz CT molecular complexity index is 823. The van der Waals surface area contributed by atoms with E-state index in [1.807, 2.05) is 18.3 Å². The van der Waals surface area contributed by atoms with Crippen LogP contribution in [-0.4, -0.2) is 53.4 Å². The molecule has 1 aromatic heterocycles. The van der Waals surface area contributed by atoms with Crippen LogP contribution in [0.25, 0.3) is 11.1 Å². The number of nitrogens with zero attached hydrogens (tertiary/aromatic N) is 4. The molecule has 1 aliphatic rings. The van der Waals surface area contributed by atoms with Crippen LogP contribution in [0.5, 0.6) is 0 Å². The van der Waals surface area contributed by atoms with Gasteiger partial charge in [-0.1, -0.05) is 32.0 Å². The third-order valence-corrected chi connectivity index (χ3v) is 5.54. The predicted molar refractivity (Wildman–Crippen MR) is 125 cm³/mol. The number of pyridine rings is 1. The Morgan fingerprint density at radius 3 is 2.55 bits per heavy atom. The van der Waals surface area contributed by atoms with Crippen LogP contribution in [0.3, 0.4) is 0 Å². The molecule has 6 nitrogen and oxygen atoms in total. The first-order chi connectivity index (χ1) is 14.1. The topological polar surface area (TPSA) is 69.8 Å². The highest BCUT2D eigenvalue weighted by atomic mass is 32.1. The fraction of sp³-hybridized carbons (Fsp3) is 0.409. The molecule has 2 heterocycles. The van der Waals surface area contributed by atoms with Crippen molar-refractivity contribution in [3.8, 4) is 11.1 Å². The molecule has 0 spiro atoms. The van der Waals surface area contributed by atoms with Gasteiger partial charge in [-0.05, 0) is 54.4 Å². The number of hydrogen-bond acceptors (Lipinski definition) is 5. The van der Waals surface area contributed by atoms with Crippen LogP contribution in [0.4, 0.5) is 5.82 Å². The zero-order chi connectivity index (χ0) is 20.6. The fourth-order valence-corrected chi connectivity index (χ4v) is 3.89. The van der Waals surface area contributed by atoms with Gasteiger partial charge in [0.25, 0.3) is 0 Å². The molecule has 0 bridgehead atoms. The molecule has 1 fully saturated rings. The molecule has 0 amide bonds. The van der Waals surface area contributed by atoms with Crippen LogP contribution in [0.15, 0.2) is 47.7 Å². The van der Waals surface area contributed by atoms with Crippen LogP contribution in [-0.2, 0) is 0 Å². The molecule has 0 radical (unpaired) electrons. The van der Waals surface area contributed by atoms with E-state index < -0.39 is 0 Å². The van der Waals surface area contributed by atoms with Crippen molar-refractivity contribution in [1.82, 2.24) is 15.3 Å². The van der Waals surface area contributed by atoms with Crippen molar-refractivity contribution >= 4 is 29.4 Å². The molecule has 2 aromatic rings. The average Bonchev–Trinajstić information content (AvgIpc) is 2.75. The maximum Gasteiger partial charge on any atom is 0.184 e. The van der Waals surface area contributed by atoms with Gasteiger partial charge in [0.05, 0.1) is 6.21 Å². The third-order valence-electron chi connectivity index (χ3n) is 5.45. The van der Waals surface area contributed by atoms with Crippen molar-refractivity contribution in [2.24, 2.45) is 10.8 Å². The number of hydrazone groups is 1. The van der Waals surface area contributed by atoms with Gasteiger partial charge < -0.3 is 10.6 Å². The summed E-state index contributed by atoms with van der Waals surface area (Å²) in [4.78, 5) is 9.73. The lowest BCUT2D eigenvalue weighted by atomic mass is 10.1. The summed E-state index contributed by atoms with van der Waals surface area (Å²) >= 11 is 4.75. The van der Waals surface area contributed by atoms with E-state index in [1.165, 1.54) is 12.8 Å². The summed E-state index contributed by atoms with van der Waals surface area (Å²) in [5.74, 6) is 1.05. The van der Waals surface area contributed by atoms with E-state index in [2.05, 4.69) is 58.4 Å². The van der Waals surface area contributed by atoms with Gasteiger partial charge in [0.15, 0.2) is 5.11 Å². The number of aromatic nitrogens is 1. The standard InChI is InChI=1S/C22H30N6S/c1-3-20(4-2)27-10-12-28(13-11-27)21-9-8-19(16-24-21)18-7-5-6-17(14-18)15-25-26-22(23)29/h5-9,14-16,20H,3-4,10-13H2,1-2H3,(H3,23,26,29). The van der Waals surface area contributed by atoms with E-state index >= 15 is 0 Å². The number of hydrogen-bond donors (Lipinski definition) is 2. The summed E-state index contributed by atoms with van der Waals surface area (Å²) in [6, 6.07) is 13.1. The molecular formula is C22H30N6S. The lowest BCUT2D eigenvalue weighted by Gasteiger charge is -2.39. The highest BCUT2D eigenvalue weighted by molar-refractivity contribution is 7.80. The summed E-state index contributed by atoms with van der Waals surface area (Å²) < 4.78 is 0. The Morgan fingerprint density at radius 2 is 1.93 bits per heavy atom. The smallest absolute Gasteiger partial charge is 0.184 e. The number of anilines is 1. The summed E-state index contributed by atoms with van der Waals surface area (Å²) in [7, 11) is 0. The minimum atomic E-state index is 0.151.